The van der Waals surface area contributed by atoms with E-state index in [1.54, 1.807) is 6.07 Å². The largest absolute Gasteiger partial charge is 0.371 e. The zero-order valence-corrected chi connectivity index (χ0v) is 13.1. The molecule has 2 rings (SSSR count). The summed E-state index contributed by atoms with van der Waals surface area (Å²) in [5.41, 5.74) is 8.78. The van der Waals surface area contributed by atoms with Crippen molar-refractivity contribution in [1.29, 1.82) is 0 Å². The van der Waals surface area contributed by atoms with Crippen LogP contribution in [0.4, 0.5) is 10.1 Å². The van der Waals surface area contributed by atoms with Crippen molar-refractivity contribution in [3.8, 4) is 0 Å². The summed E-state index contributed by atoms with van der Waals surface area (Å²) in [4.78, 5) is 2.38. The summed E-state index contributed by atoms with van der Waals surface area (Å²) in [5.74, 6) is 1.41. The molecule has 0 amide bonds. The van der Waals surface area contributed by atoms with Gasteiger partial charge in [0.2, 0.25) is 0 Å². The van der Waals surface area contributed by atoms with Crippen molar-refractivity contribution < 1.29 is 4.39 Å². The highest BCUT2D eigenvalue weighted by Gasteiger charge is 2.24. The summed E-state index contributed by atoms with van der Waals surface area (Å²) in [5, 5.41) is 0. The molecule has 1 heterocycles. The van der Waals surface area contributed by atoms with Crippen molar-refractivity contribution in [2.45, 2.75) is 46.6 Å². The van der Waals surface area contributed by atoms with Gasteiger partial charge >= 0.3 is 0 Å². The fraction of sp³-hybridized carbons (Fsp3) is 0.647. The monoisotopic (exact) mass is 278 g/mol. The predicted octanol–water partition coefficient (Wildman–Crippen LogP) is 4.03. The van der Waals surface area contributed by atoms with Gasteiger partial charge in [-0.25, -0.2) is 4.39 Å². The molecule has 1 aliphatic heterocycles. The first-order chi connectivity index (χ1) is 9.40. The maximum atomic E-state index is 13.8. The molecule has 1 atom stereocenters. The number of hydrogen-bond donors (Lipinski definition) is 1. The molecule has 0 unspecified atom stereocenters. The zero-order valence-electron chi connectivity index (χ0n) is 13.1. The normalized spacial score (nSPS) is 18.6. The highest BCUT2D eigenvalue weighted by atomic mass is 19.1. The van der Waals surface area contributed by atoms with E-state index in [0.717, 1.165) is 36.2 Å². The number of halogens is 1. The van der Waals surface area contributed by atoms with Crippen LogP contribution < -0.4 is 10.6 Å². The molecule has 1 aromatic carbocycles. The molecule has 1 fully saturated rings. The number of aryl methyl sites for hydroxylation is 1. The molecule has 1 aromatic rings. The van der Waals surface area contributed by atoms with Gasteiger partial charge in [0.25, 0.3) is 0 Å². The Morgan fingerprint density at radius 1 is 1.20 bits per heavy atom. The molecule has 1 saturated heterocycles. The minimum atomic E-state index is -0.155. The lowest BCUT2D eigenvalue weighted by atomic mass is 9.86. The third-order valence-electron chi connectivity index (χ3n) is 4.62. The molecular weight excluding hydrogens is 251 g/mol. The smallest absolute Gasteiger partial charge is 0.126 e. The number of piperidine rings is 1. The van der Waals surface area contributed by atoms with E-state index < -0.39 is 0 Å². The molecule has 2 N–H and O–H groups in total. The van der Waals surface area contributed by atoms with Crippen LogP contribution >= 0.6 is 0 Å². The maximum absolute atomic E-state index is 13.8. The van der Waals surface area contributed by atoms with Crippen molar-refractivity contribution in [2.75, 3.05) is 18.0 Å². The molecule has 0 bridgehead atoms. The molecular formula is C17H27FN2. The van der Waals surface area contributed by atoms with Crippen LogP contribution in [0.2, 0.25) is 0 Å². The van der Waals surface area contributed by atoms with Gasteiger partial charge in [-0.2, -0.15) is 0 Å². The van der Waals surface area contributed by atoms with Gasteiger partial charge in [0.15, 0.2) is 0 Å². The second-order valence-corrected chi connectivity index (χ2v) is 6.52. The van der Waals surface area contributed by atoms with Gasteiger partial charge in [-0.05, 0) is 61.8 Å². The molecule has 0 spiro atoms. The summed E-state index contributed by atoms with van der Waals surface area (Å²) in [6.45, 7) is 10.5. The summed E-state index contributed by atoms with van der Waals surface area (Å²) in [7, 11) is 0. The number of nitrogens with zero attached hydrogens (tertiary/aromatic N) is 1. The van der Waals surface area contributed by atoms with Crippen molar-refractivity contribution in [1.82, 2.24) is 0 Å². The fourth-order valence-corrected chi connectivity index (χ4v) is 3.13. The first kappa shape index (κ1) is 15.3. The van der Waals surface area contributed by atoms with Crippen LogP contribution in [0.1, 0.15) is 50.8 Å². The van der Waals surface area contributed by atoms with E-state index in [0.29, 0.717) is 5.56 Å². The average Bonchev–Trinajstić information content (AvgIpc) is 2.41. The topological polar surface area (TPSA) is 29.3 Å². The van der Waals surface area contributed by atoms with Crippen molar-refractivity contribution >= 4 is 5.69 Å². The molecule has 20 heavy (non-hydrogen) atoms. The zero-order chi connectivity index (χ0) is 14.9. The van der Waals surface area contributed by atoms with Gasteiger partial charge < -0.3 is 10.6 Å². The van der Waals surface area contributed by atoms with E-state index in [2.05, 4.69) is 18.7 Å². The molecule has 2 nitrogen and oxygen atoms in total. The van der Waals surface area contributed by atoms with Crippen molar-refractivity contribution in [3.05, 3.63) is 29.1 Å². The molecule has 0 aliphatic carbocycles. The van der Waals surface area contributed by atoms with Gasteiger partial charge in [-0.1, -0.05) is 13.8 Å². The second-order valence-electron chi connectivity index (χ2n) is 6.52. The van der Waals surface area contributed by atoms with Gasteiger partial charge in [0, 0.05) is 24.8 Å². The standard InChI is InChI=1S/C17H27FN2/c1-11(2)14-5-7-20(8-6-14)17-9-12(3)16(18)10-15(17)13(4)19/h9-11,13-14H,5-8,19H2,1-4H3/t13-/m1/s1. The van der Waals surface area contributed by atoms with Gasteiger partial charge in [-0.15, -0.1) is 0 Å². The Bertz CT molecular complexity index is 460. The first-order valence-corrected chi connectivity index (χ1v) is 7.70. The summed E-state index contributed by atoms with van der Waals surface area (Å²) in [6, 6.07) is 3.44. The van der Waals surface area contributed by atoms with Crippen LogP contribution in [-0.4, -0.2) is 13.1 Å². The molecule has 112 valence electrons. The Labute approximate surface area is 122 Å². The first-order valence-electron chi connectivity index (χ1n) is 7.70. The SMILES string of the molecule is Cc1cc(N2CCC(C(C)C)CC2)c([C@@H](C)N)cc1F. The third-order valence-corrected chi connectivity index (χ3v) is 4.62. The highest BCUT2D eigenvalue weighted by molar-refractivity contribution is 5.57. The Balaban J connectivity index is 2.23. The molecule has 0 radical (unpaired) electrons. The fourth-order valence-electron chi connectivity index (χ4n) is 3.13. The quantitative estimate of drug-likeness (QED) is 0.904. The van der Waals surface area contributed by atoms with E-state index in [1.807, 2.05) is 19.9 Å². The van der Waals surface area contributed by atoms with Gasteiger partial charge in [0.05, 0.1) is 0 Å². The Morgan fingerprint density at radius 2 is 1.80 bits per heavy atom. The molecule has 1 aliphatic rings. The van der Waals surface area contributed by atoms with E-state index in [4.69, 9.17) is 5.73 Å². The minimum Gasteiger partial charge on any atom is -0.371 e. The minimum absolute atomic E-state index is 0.136. The number of anilines is 1. The second kappa shape index (κ2) is 6.13. The maximum Gasteiger partial charge on any atom is 0.126 e. The summed E-state index contributed by atoms with van der Waals surface area (Å²) in [6.07, 6.45) is 2.43. The van der Waals surface area contributed by atoms with E-state index >= 15 is 0 Å². The Kier molecular flexibility index (Phi) is 4.69. The van der Waals surface area contributed by atoms with E-state index in [-0.39, 0.29) is 11.9 Å². The number of rotatable bonds is 3. The summed E-state index contributed by atoms with van der Waals surface area (Å²) < 4.78 is 13.8. The van der Waals surface area contributed by atoms with E-state index in [9.17, 15) is 4.39 Å². The number of hydrogen-bond acceptors (Lipinski definition) is 2. The van der Waals surface area contributed by atoms with Crippen molar-refractivity contribution in [2.24, 2.45) is 17.6 Å². The lowest BCUT2D eigenvalue weighted by Crippen LogP contribution is -2.36. The van der Waals surface area contributed by atoms with Crippen LogP contribution in [0.25, 0.3) is 0 Å². The summed E-state index contributed by atoms with van der Waals surface area (Å²) >= 11 is 0. The molecule has 0 aromatic heterocycles. The van der Waals surface area contributed by atoms with Crippen LogP contribution in [0, 0.1) is 24.6 Å². The van der Waals surface area contributed by atoms with E-state index in [1.165, 1.54) is 12.8 Å². The van der Waals surface area contributed by atoms with Crippen LogP contribution in [0.5, 0.6) is 0 Å². The average molecular weight is 278 g/mol. The Morgan fingerprint density at radius 3 is 2.30 bits per heavy atom. The predicted molar refractivity (Wildman–Crippen MR) is 83.5 cm³/mol. The van der Waals surface area contributed by atoms with Crippen molar-refractivity contribution in [3.63, 3.8) is 0 Å². The van der Waals surface area contributed by atoms with Crippen LogP contribution in [0.15, 0.2) is 12.1 Å². The lowest BCUT2D eigenvalue weighted by molar-refractivity contribution is 0.311. The highest BCUT2D eigenvalue weighted by Crippen LogP contribution is 2.33. The number of benzene rings is 1. The van der Waals surface area contributed by atoms with Crippen LogP contribution in [0.3, 0.4) is 0 Å². The Hall–Kier alpha value is -1.09. The number of nitrogens with two attached hydrogens (primary N) is 1. The third kappa shape index (κ3) is 3.14. The van der Waals surface area contributed by atoms with Gasteiger partial charge in [0.1, 0.15) is 5.82 Å². The molecule has 0 saturated carbocycles. The van der Waals surface area contributed by atoms with Gasteiger partial charge in [-0.3, -0.25) is 0 Å². The van der Waals surface area contributed by atoms with Crippen LogP contribution in [-0.2, 0) is 0 Å². The lowest BCUT2D eigenvalue weighted by Gasteiger charge is -2.37. The molecule has 3 heteroatoms.